The molecule has 2 heterocycles. The van der Waals surface area contributed by atoms with Gasteiger partial charge in [0.2, 0.25) is 10.0 Å². The number of amides is 1. The molecule has 0 unspecified atom stereocenters. The van der Waals surface area contributed by atoms with Crippen LogP contribution in [-0.2, 0) is 27.8 Å². The summed E-state index contributed by atoms with van der Waals surface area (Å²) in [5, 5.41) is 10.8. The van der Waals surface area contributed by atoms with Crippen LogP contribution in [0.1, 0.15) is 21.5 Å². The van der Waals surface area contributed by atoms with E-state index < -0.39 is 10.0 Å². The second-order valence-electron chi connectivity index (χ2n) is 6.59. The molecule has 0 aromatic heterocycles. The number of hydrogen-bond acceptors (Lipinski definition) is 6. The van der Waals surface area contributed by atoms with E-state index >= 15 is 0 Å². The van der Waals surface area contributed by atoms with Gasteiger partial charge in [0.05, 0.1) is 30.3 Å². The zero-order valence-corrected chi connectivity index (χ0v) is 16.0. The third kappa shape index (κ3) is 3.82. The fourth-order valence-electron chi connectivity index (χ4n) is 3.14. The smallest absolute Gasteiger partial charge is 0.251 e. The predicted molar refractivity (Wildman–Crippen MR) is 102 cm³/mol. The number of benzene rings is 2. The van der Waals surface area contributed by atoms with Gasteiger partial charge in [-0.1, -0.05) is 12.1 Å². The third-order valence-electron chi connectivity index (χ3n) is 4.75. The van der Waals surface area contributed by atoms with Crippen LogP contribution in [0, 0.1) is 0 Å². The number of fused-ring (bicyclic) bond motifs is 1. The fourth-order valence-corrected chi connectivity index (χ4v) is 4.55. The third-order valence-corrected chi connectivity index (χ3v) is 6.66. The topological polar surface area (TPSA) is 100 Å². The van der Waals surface area contributed by atoms with Crippen molar-refractivity contribution in [3.05, 3.63) is 59.2 Å². The second-order valence-corrected chi connectivity index (χ2v) is 8.52. The molecule has 1 amide bonds. The summed E-state index contributed by atoms with van der Waals surface area (Å²) in [5.41, 5.74) is 3.11. The summed E-state index contributed by atoms with van der Waals surface area (Å²) in [4.78, 5) is 12.6. The molecule has 2 aliphatic rings. The molecule has 4 rings (SSSR count). The van der Waals surface area contributed by atoms with E-state index in [2.05, 4.69) is 15.5 Å². The van der Waals surface area contributed by atoms with Crippen molar-refractivity contribution < 1.29 is 17.9 Å². The first-order chi connectivity index (χ1) is 13.5. The number of rotatable bonds is 5. The minimum absolute atomic E-state index is 0.195. The van der Waals surface area contributed by atoms with E-state index in [1.807, 2.05) is 0 Å². The average Bonchev–Trinajstić information content (AvgIpc) is 3.21. The van der Waals surface area contributed by atoms with Crippen LogP contribution in [0.15, 0.2) is 57.6 Å². The lowest BCUT2D eigenvalue weighted by Crippen LogP contribution is -2.40. The molecule has 1 N–H and O–H groups in total. The first-order valence-corrected chi connectivity index (χ1v) is 10.4. The minimum Gasteiger partial charge on any atom is -0.379 e. The molecule has 2 aliphatic heterocycles. The van der Waals surface area contributed by atoms with Crippen LogP contribution in [0.2, 0.25) is 0 Å². The van der Waals surface area contributed by atoms with Crippen molar-refractivity contribution >= 4 is 21.6 Å². The number of nitrogens with zero attached hydrogens (tertiary/aromatic N) is 3. The summed E-state index contributed by atoms with van der Waals surface area (Å²) in [5.74, 6) is -0.195. The molecule has 0 spiro atoms. The highest BCUT2D eigenvalue weighted by Gasteiger charge is 2.26. The lowest BCUT2D eigenvalue weighted by Gasteiger charge is -2.26. The Morgan fingerprint density at radius 3 is 2.61 bits per heavy atom. The Labute approximate surface area is 163 Å². The molecule has 0 aliphatic carbocycles. The Kier molecular flexibility index (Phi) is 5.21. The summed E-state index contributed by atoms with van der Waals surface area (Å²) in [6.07, 6.45) is 0. The minimum atomic E-state index is -3.51. The average molecular weight is 400 g/mol. The van der Waals surface area contributed by atoms with Crippen LogP contribution in [-0.4, -0.2) is 44.9 Å². The number of ether oxygens (including phenoxy) is 1. The van der Waals surface area contributed by atoms with Gasteiger partial charge in [0, 0.05) is 30.8 Å². The lowest BCUT2D eigenvalue weighted by molar-refractivity contribution is 0.0730. The Balaban J connectivity index is 1.39. The molecule has 0 bridgehead atoms. The summed E-state index contributed by atoms with van der Waals surface area (Å²) in [6.45, 7) is 2.35. The zero-order chi connectivity index (χ0) is 19.6. The molecule has 1 fully saturated rings. The van der Waals surface area contributed by atoms with Crippen molar-refractivity contribution in [2.75, 3.05) is 26.3 Å². The normalized spacial score (nSPS) is 16.7. The lowest BCUT2D eigenvalue weighted by atomic mass is 10.1. The number of hydrogen-bond donors (Lipinski definition) is 1. The molecule has 9 heteroatoms. The van der Waals surface area contributed by atoms with E-state index in [0.717, 1.165) is 16.8 Å². The van der Waals surface area contributed by atoms with Gasteiger partial charge in [-0.2, -0.15) is 14.5 Å². The highest BCUT2D eigenvalue weighted by Crippen LogP contribution is 2.27. The molecular formula is C19H20N4O4S. The van der Waals surface area contributed by atoms with E-state index in [1.54, 1.807) is 42.5 Å². The van der Waals surface area contributed by atoms with Crippen LogP contribution in [0.5, 0.6) is 0 Å². The number of azo groups is 1. The molecule has 0 radical (unpaired) electrons. The summed E-state index contributed by atoms with van der Waals surface area (Å²) in [7, 11) is -3.51. The van der Waals surface area contributed by atoms with E-state index in [0.29, 0.717) is 45.0 Å². The maximum Gasteiger partial charge on any atom is 0.251 e. The molecule has 1 saturated heterocycles. The second kappa shape index (κ2) is 7.78. The summed E-state index contributed by atoms with van der Waals surface area (Å²) >= 11 is 0. The predicted octanol–water partition coefficient (Wildman–Crippen LogP) is 2.23. The standard InChI is InChI=1S/C19H20N4O4S/c24-19(15-3-6-18-16(11-15)13-21-22-18)20-12-14-1-4-17(5-2-14)28(25,26)23-7-9-27-10-8-23/h1-6,11H,7-10,12-13H2,(H,20,24). The first kappa shape index (κ1) is 18.7. The molecule has 0 saturated carbocycles. The van der Waals surface area contributed by atoms with Gasteiger partial charge in [0.25, 0.3) is 5.91 Å². The van der Waals surface area contributed by atoms with Gasteiger partial charge in [-0.3, -0.25) is 4.79 Å². The molecule has 2 aromatic carbocycles. The maximum atomic E-state index is 12.6. The fraction of sp³-hybridized carbons (Fsp3) is 0.316. The van der Waals surface area contributed by atoms with Gasteiger partial charge < -0.3 is 10.1 Å². The Morgan fingerprint density at radius 2 is 1.86 bits per heavy atom. The zero-order valence-electron chi connectivity index (χ0n) is 15.2. The maximum absolute atomic E-state index is 12.6. The van der Waals surface area contributed by atoms with Gasteiger partial charge in [-0.15, -0.1) is 0 Å². The van der Waals surface area contributed by atoms with Gasteiger partial charge in [0.15, 0.2) is 0 Å². The van der Waals surface area contributed by atoms with Gasteiger partial charge in [-0.05, 0) is 35.9 Å². The number of morpholine rings is 1. The monoisotopic (exact) mass is 400 g/mol. The van der Waals surface area contributed by atoms with E-state index in [-0.39, 0.29) is 10.8 Å². The summed E-state index contributed by atoms with van der Waals surface area (Å²) < 4.78 is 31.9. The van der Waals surface area contributed by atoms with Crippen LogP contribution < -0.4 is 5.32 Å². The molecular weight excluding hydrogens is 380 g/mol. The van der Waals surface area contributed by atoms with Gasteiger partial charge in [-0.25, -0.2) is 8.42 Å². The number of sulfonamides is 1. The quantitative estimate of drug-likeness (QED) is 0.832. The van der Waals surface area contributed by atoms with Crippen LogP contribution in [0.25, 0.3) is 0 Å². The molecule has 146 valence electrons. The molecule has 28 heavy (non-hydrogen) atoms. The van der Waals surface area contributed by atoms with E-state index in [1.165, 1.54) is 4.31 Å². The highest BCUT2D eigenvalue weighted by atomic mass is 32.2. The van der Waals surface area contributed by atoms with E-state index in [9.17, 15) is 13.2 Å². The van der Waals surface area contributed by atoms with Crippen molar-refractivity contribution in [2.24, 2.45) is 10.2 Å². The first-order valence-electron chi connectivity index (χ1n) is 8.99. The van der Waals surface area contributed by atoms with Crippen molar-refractivity contribution in [3.63, 3.8) is 0 Å². The highest BCUT2D eigenvalue weighted by molar-refractivity contribution is 7.89. The molecule has 8 nitrogen and oxygen atoms in total. The van der Waals surface area contributed by atoms with Crippen LogP contribution >= 0.6 is 0 Å². The van der Waals surface area contributed by atoms with Crippen molar-refractivity contribution in [1.29, 1.82) is 0 Å². The summed E-state index contributed by atoms with van der Waals surface area (Å²) in [6, 6.07) is 11.9. The SMILES string of the molecule is O=C(NCc1ccc(S(=O)(=O)N2CCOCC2)cc1)c1ccc2c(c1)CN=N2. The Morgan fingerprint density at radius 1 is 1.11 bits per heavy atom. The van der Waals surface area contributed by atoms with Crippen molar-refractivity contribution in [3.8, 4) is 0 Å². The van der Waals surface area contributed by atoms with Gasteiger partial charge in [0.1, 0.15) is 0 Å². The number of nitrogens with one attached hydrogen (secondary N) is 1. The number of carbonyl (C=O) groups is 1. The van der Waals surface area contributed by atoms with Crippen molar-refractivity contribution in [2.45, 2.75) is 18.0 Å². The van der Waals surface area contributed by atoms with Crippen LogP contribution in [0.4, 0.5) is 5.69 Å². The van der Waals surface area contributed by atoms with E-state index in [4.69, 9.17) is 4.74 Å². The van der Waals surface area contributed by atoms with Gasteiger partial charge >= 0.3 is 0 Å². The Hall–Kier alpha value is -2.62. The Bertz CT molecular complexity index is 1010. The largest absolute Gasteiger partial charge is 0.379 e. The van der Waals surface area contributed by atoms with Crippen molar-refractivity contribution in [1.82, 2.24) is 9.62 Å². The molecule has 0 atom stereocenters. The number of carbonyl (C=O) groups excluding carboxylic acids is 1. The van der Waals surface area contributed by atoms with Crippen LogP contribution in [0.3, 0.4) is 0 Å². The molecule has 2 aromatic rings.